The van der Waals surface area contributed by atoms with Crippen molar-refractivity contribution in [2.45, 2.75) is 111 Å². The minimum atomic E-state index is -0.492. The Morgan fingerprint density at radius 3 is 1.42 bits per heavy atom. The molecule has 0 rings (SSSR count). The largest absolute Gasteiger partial charge is 0.396 e. The van der Waals surface area contributed by atoms with Gasteiger partial charge in [0, 0.05) is 12.0 Å². The molecule has 2 N–H and O–H groups in total. The van der Waals surface area contributed by atoms with E-state index < -0.39 is 5.41 Å². The van der Waals surface area contributed by atoms with Crippen LogP contribution in [0.25, 0.3) is 0 Å². The van der Waals surface area contributed by atoms with Gasteiger partial charge in [-0.3, -0.25) is 0 Å². The van der Waals surface area contributed by atoms with Crippen molar-refractivity contribution in [3.8, 4) is 0 Å². The van der Waals surface area contributed by atoms with Gasteiger partial charge < -0.3 is 14.9 Å². The maximum Gasteiger partial charge on any atom is 0.0563 e. The second-order valence-corrected chi connectivity index (χ2v) is 8.96. The minimum absolute atomic E-state index is 0.0262. The Labute approximate surface area is 163 Å². The van der Waals surface area contributed by atoms with Gasteiger partial charge in [-0.05, 0) is 12.3 Å². The highest BCUT2D eigenvalue weighted by Crippen LogP contribution is 2.16. The van der Waals surface area contributed by atoms with E-state index in [1.807, 2.05) is 6.92 Å². The molecular formula is C23H48O3. The highest BCUT2D eigenvalue weighted by molar-refractivity contribution is 4.70. The van der Waals surface area contributed by atoms with Crippen molar-refractivity contribution in [2.75, 3.05) is 26.4 Å². The minimum Gasteiger partial charge on any atom is -0.396 e. The van der Waals surface area contributed by atoms with Crippen LogP contribution in [0, 0.1) is 11.3 Å². The van der Waals surface area contributed by atoms with Crippen molar-refractivity contribution in [1.82, 2.24) is 0 Å². The Balaban J connectivity index is 3.14. The van der Waals surface area contributed by atoms with Crippen molar-refractivity contribution in [2.24, 2.45) is 11.3 Å². The van der Waals surface area contributed by atoms with Gasteiger partial charge in [-0.25, -0.2) is 0 Å². The summed E-state index contributed by atoms with van der Waals surface area (Å²) in [6.45, 7) is 7.62. The lowest BCUT2D eigenvalue weighted by atomic mass is 9.94. The molecular weight excluding hydrogens is 324 g/mol. The van der Waals surface area contributed by atoms with E-state index in [9.17, 15) is 10.2 Å². The van der Waals surface area contributed by atoms with Crippen LogP contribution in [0.5, 0.6) is 0 Å². The molecule has 0 unspecified atom stereocenters. The highest BCUT2D eigenvalue weighted by Gasteiger charge is 2.22. The number of aliphatic hydroxyl groups is 2. The number of rotatable bonds is 20. The summed E-state index contributed by atoms with van der Waals surface area (Å²) in [5.41, 5.74) is -0.492. The number of ether oxygens (including phenoxy) is 1. The van der Waals surface area contributed by atoms with Gasteiger partial charge in [-0.15, -0.1) is 0 Å². The molecule has 3 heteroatoms. The van der Waals surface area contributed by atoms with Crippen LogP contribution in [0.4, 0.5) is 0 Å². The molecule has 0 radical (unpaired) electrons. The van der Waals surface area contributed by atoms with Gasteiger partial charge in [-0.1, -0.05) is 104 Å². The average Bonchev–Trinajstić information content (AvgIpc) is 2.63. The third-order valence-corrected chi connectivity index (χ3v) is 5.28. The molecule has 0 aromatic heterocycles. The first-order valence-corrected chi connectivity index (χ1v) is 11.3. The predicted octanol–water partition coefficient (Wildman–Crippen LogP) is 6.11. The third-order valence-electron chi connectivity index (χ3n) is 5.28. The van der Waals surface area contributed by atoms with E-state index in [0.717, 1.165) is 18.9 Å². The van der Waals surface area contributed by atoms with Crippen molar-refractivity contribution in [3.63, 3.8) is 0 Å². The third kappa shape index (κ3) is 17.3. The second kappa shape index (κ2) is 18.3. The van der Waals surface area contributed by atoms with Gasteiger partial charge in [0.1, 0.15) is 0 Å². The number of hydrogen-bond acceptors (Lipinski definition) is 3. The Kier molecular flexibility index (Phi) is 18.2. The monoisotopic (exact) mass is 372 g/mol. The van der Waals surface area contributed by atoms with Gasteiger partial charge in [0.25, 0.3) is 0 Å². The van der Waals surface area contributed by atoms with Gasteiger partial charge in [0.15, 0.2) is 0 Å². The first-order chi connectivity index (χ1) is 12.5. The van der Waals surface area contributed by atoms with Crippen LogP contribution in [-0.2, 0) is 4.74 Å². The first kappa shape index (κ1) is 25.9. The second-order valence-electron chi connectivity index (χ2n) is 8.96. The van der Waals surface area contributed by atoms with E-state index in [2.05, 4.69) is 13.8 Å². The summed E-state index contributed by atoms with van der Waals surface area (Å²) in [4.78, 5) is 0. The van der Waals surface area contributed by atoms with E-state index in [0.29, 0.717) is 6.61 Å². The summed E-state index contributed by atoms with van der Waals surface area (Å²) >= 11 is 0. The van der Waals surface area contributed by atoms with E-state index in [-0.39, 0.29) is 13.2 Å². The van der Waals surface area contributed by atoms with Crippen LogP contribution in [0.2, 0.25) is 0 Å². The summed E-state index contributed by atoms with van der Waals surface area (Å²) in [6.07, 6.45) is 19.1. The SMILES string of the molecule is CC(C)CCCCCCCCCCCCCCCOCC(C)(CO)CO. The summed E-state index contributed by atoms with van der Waals surface area (Å²) in [5.74, 6) is 0.871. The van der Waals surface area contributed by atoms with E-state index in [4.69, 9.17) is 4.74 Å². The molecule has 0 amide bonds. The topological polar surface area (TPSA) is 49.7 Å². The van der Waals surface area contributed by atoms with Crippen molar-refractivity contribution < 1.29 is 14.9 Å². The smallest absolute Gasteiger partial charge is 0.0563 e. The fraction of sp³-hybridized carbons (Fsp3) is 1.00. The predicted molar refractivity (Wildman–Crippen MR) is 113 cm³/mol. The van der Waals surface area contributed by atoms with Crippen molar-refractivity contribution >= 4 is 0 Å². The average molecular weight is 373 g/mol. The maximum absolute atomic E-state index is 9.19. The molecule has 158 valence electrons. The molecule has 0 spiro atoms. The van der Waals surface area contributed by atoms with Crippen LogP contribution >= 0.6 is 0 Å². The highest BCUT2D eigenvalue weighted by atomic mass is 16.5. The molecule has 26 heavy (non-hydrogen) atoms. The molecule has 0 saturated heterocycles. The van der Waals surface area contributed by atoms with Crippen molar-refractivity contribution in [1.29, 1.82) is 0 Å². The van der Waals surface area contributed by atoms with Crippen molar-refractivity contribution in [3.05, 3.63) is 0 Å². The lowest BCUT2D eigenvalue weighted by molar-refractivity contribution is -0.0169. The van der Waals surface area contributed by atoms with Gasteiger partial charge in [0.05, 0.1) is 19.8 Å². The van der Waals surface area contributed by atoms with Crippen LogP contribution < -0.4 is 0 Å². The Bertz CT molecular complexity index is 275. The number of unbranched alkanes of at least 4 members (excludes halogenated alkanes) is 12. The molecule has 0 atom stereocenters. The molecule has 0 fully saturated rings. The molecule has 0 aromatic rings. The quantitative estimate of drug-likeness (QED) is 0.253. The fourth-order valence-corrected chi connectivity index (χ4v) is 3.16. The molecule has 0 aliphatic carbocycles. The lowest BCUT2D eigenvalue weighted by Gasteiger charge is -2.24. The normalized spacial score (nSPS) is 12.2. The van der Waals surface area contributed by atoms with E-state index in [1.165, 1.54) is 83.5 Å². The molecule has 0 saturated carbocycles. The zero-order valence-corrected chi connectivity index (χ0v) is 18.1. The Morgan fingerprint density at radius 2 is 1.04 bits per heavy atom. The van der Waals surface area contributed by atoms with Crippen LogP contribution in [0.3, 0.4) is 0 Å². The summed E-state index contributed by atoms with van der Waals surface area (Å²) in [7, 11) is 0. The van der Waals surface area contributed by atoms with Crippen LogP contribution in [0.1, 0.15) is 111 Å². The van der Waals surface area contributed by atoms with Crippen LogP contribution in [-0.4, -0.2) is 36.6 Å². The summed E-state index contributed by atoms with van der Waals surface area (Å²) in [5, 5.41) is 18.4. The summed E-state index contributed by atoms with van der Waals surface area (Å²) < 4.78 is 5.58. The first-order valence-electron chi connectivity index (χ1n) is 11.3. The molecule has 0 aliphatic heterocycles. The standard InChI is InChI=1S/C23H48O3/c1-22(2)17-15-13-11-9-7-5-4-6-8-10-12-14-16-18-26-21-23(3,19-24)20-25/h22,24-25H,4-21H2,1-3H3. The zero-order chi connectivity index (χ0) is 19.5. The molecule has 0 aliphatic rings. The van der Waals surface area contributed by atoms with E-state index >= 15 is 0 Å². The fourth-order valence-electron chi connectivity index (χ4n) is 3.16. The summed E-state index contributed by atoms with van der Waals surface area (Å²) in [6, 6.07) is 0. The molecule has 0 heterocycles. The lowest BCUT2D eigenvalue weighted by Crippen LogP contribution is -2.31. The van der Waals surface area contributed by atoms with Gasteiger partial charge in [-0.2, -0.15) is 0 Å². The molecule has 3 nitrogen and oxygen atoms in total. The zero-order valence-electron chi connectivity index (χ0n) is 18.1. The Morgan fingerprint density at radius 1 is 0.654 bits per heavy atom. The van der Waals surface area contributed by atoms with Gasteiger partial charge >= 0.3 is 0 Å². The van der Waals surface area contributed by atoms with Crippen LogP contribution in [0.15, 0.2) is 0 Å². The number of hydrogen-bond donors (Lipinski definition) is 2. The number of aliphatic hydroxyl groups excluding tert-OH is 2. The van der Waals surface area contributed by atoms with E-state index in [1.54, 1.807) is 0 Å². The molecule has 0 bridgehead atoms. The Hall–Kier alpha value is -0.120. The molecule has 0 aromatic carbocycles. The maximum atomic E-state index is 9.19. The van der Waals surface area contributed by atoms with Gasteiger partial charge in [0.2, 0.25) is 0 Å².